The summed E-state index contributed by atoms with van der Waals surface area (Å²) < 4.78 is 4.93. The average molecular weight is 348 g/mol. The third kappa shape index (κ3) is 2.21. The van der Waals surface area contributed by atoms with Gasteiger partial charge in [-0.25, -0.2) is 0 Å². The van der Waals surface area contributed by atoms with Crippen LogP contribution >= 0.6 is 22.6 Å². The molecular formula is C10H8INSe. The van der Waals surface area contributed by atoms with E-state index in [1.807, 2.05) is 6.07 Å². The molecule has 0 fully saturated rings. The fraction of sp³-hybridized carbons (Fsp3) is 0.100. The van der Waals surface area contributed by atoms with Crippen molar-refractivity contribution in [1.82, 2.24) is 0 Å². The monoisotopic (exact) mass is 349 g/mol. The van der Waals surface area contributed by atoms with E-state index in [9.17, 15) is 0 Å². The van der Waals surface area contributed by atoms with Crippen LogP contribution in [0.15, 0.2) is 43.9 Å². The van der Waals surface area contributed by atoms with Gasteiger partial charge in [0.15, 0.2) is 0 Å². The second-order valence-corrected chi connectivity index (χ2v) is 5.63. The van der Waals surface area contributed by atoms with Crippen LogP contribution in [-0.2, 0) is 0 Å². The van der Waals surface area contributed by atoms with Crippen molar-refractivity contribution in [3.8, 4) is 0 Å². The van der Waals surface area contributed by atoms with Crippen molar-refractivity contribution >= 4 is 42.2 Å². The first kappa shape index (κ1) is 9.44. The zero-order valence-electron chi connectivity index (χ0n) is 6.90. The van der Waals surface area contributed by atoms with Gasteiger partial charge in [-0.2, -0.15) is 0 Å². The summed E-state index contributed by atoms with van der Waals surface area (Å²) >= 11 is 2.76. The molecular weight excluding hydrogens is 340 g/mol. The van der Waals surface area contributed by atoms with Crippen molar-refractivity contribution < 1.29 is 0 Å². The van der Waals surface area contributed by atoms with Crippen molar-refractivity contribution in [3.63, 3.8) is 0 Å². The topological polar surface area (TPSA) is 12.4 Å². The number of rotatable bonds is 1. The Morgan fingerprint density at radius 2 is 2.08 bits per heavy atom. The minimum absolute atomic E-state index is 0.461. The molecule has 0 atom stereocenters. The molecule has 0 radical (unpaired) electrons. The second-order valence-electron chi connectivity index (χ2n) is 2.66. The molecule has 0 saturated carbocycles. The molecule has 0 unspecified atom stereocenters. The van der Waals surface area contributed by atoms with Gasteiger partial charge in [0.25, 0.3) is 0 Å². The Bertz CT molecular complexity index is 356. The zero-order chi connectivity index (χ0) is 9.10. The average Bonchev–Trinajstić information content (AvgIpc) is 2.67. The number of aliphatic imine (C=N–C) groups is 1. The van der Waals surface area contributed by atoms with E-state index in [2.05, 4.69) is 55.9 Å². The zero-order valence-corrected chi connectivity index (χ0v) is 10.8. The van der Waals surface area contributed by atoms with Gasteiger partial charge in [-0.3, -0.25) is 0 Å². The summed E-state index contributed by atoms with van der Waals surface area (Å²) in [6, 6.07) is 10.5. The summed E-state index contributed by atoms with van der Waals surface area (Å²) in [5.74, 6) is 0. The molecule has 0 aromatic heterocycles. The van der Waals surface area contributed by atoms with Crippen LogP contribution in [0.25, 0.3) is 0 Å². The Morgan fingerprint density at radius 3 is 2.69 bits per heavy atom. The summed E-state index contributed by atoms with van der Waals surface area (Å²) in [4.78, 5) is 4.53. The molecule has 0 saturated heterocycles. The molecule has 0 amide bonds. The van der Waals surface area contributed by atoms with E-state index in [0.29, 0.717) is 15.0 Å². The molecule has 0 N–H and O–H groups in total. The van der Waals surface area contributed by atoms with Gasteiger partial charge in [0.1, 0.15) is 0 Å². The summed E-state index contributed by atoms with van der Waals surface area (Å²) in [6.45, 7) is 0.910. The summed E-state index contributed by atoms with van der Waals surface area (Å²) in [5, 5.41) is 0. The Balaban J connectivity index is 2.22. The van der Waals surface area contributed by atoms with E-state index in [1.165, 1.54) is 14.6 Å². The maximum absolute atomic E-state index is 4.53. The van der Waals surface area contributed by atoms with Crippen LogP contribution in [-0.4, -0.2) is 26.1 Å². The van der Waals surface area contributed by atoms with E-state index in [0.717, 1.165) is 6.54 Å². The van der Waals surface area contributed by atoms with Crippen molar-refractivity contribution in [3.05, 3.63) is 44.4 Å². The normalized spacial score (nSPS) is 19.2. The van der Waals surface area contributed by atoms with Crippen LogP contribution in [0, 0.1) is 0 Å². The maximum atomic E-state index is 4.53. The fourth-order valence-corrected chi connectivity index (χ4v) is 3.67. The summed E-state index contributed by atoms with van der Waals surface area (Å²) in [5.41, 5.74) is 1.29. The van der Waals surface area contributed by atoms with Crippen LogP contribution in [0.5, 0.6) is 0 Å². The van der Waals surface area contributed by atoms with E-state index in [-0.39, 0.29) is 0 Å². The Labute approximate surface area is 97.6 Å². The van der Waals surface area contributed by atoms with Gasteiger partial charge in [0.2, 0.25) is 0 Å². The SMILES string of the molecule is I/C=C1\CN=C(c2ccccc2)[Se]1. The van der Waals surface area contributed by atoms with Gasteiger partial charge in [-0.15, -0.1) is 0 Å². The molecule has 1 aromatic rings. The van der Waals surface area contributed by atoms with E-state index in [1.54, 1.807) is 0 Å². The molecule has 1 nitrogen and oxygen atoms in total. The van der Waals surface area contributed by atoms with Gasteiger partial charge >= 0.3 is 98.1 Å². The molecule has 0 spiro atoms. The first-order valence-corrected chi connectivity index (χ1v) is 6.93. The standard InChI is InChI=1S/C10H8INSe/c11-6-9-7-12-10(13-9)8-4-2-1-3-5-8/h1-6H,7H2/b9-6+. The van der Waals surface area contributed by atoms with E-state index >= 15 is 0 Å². The van der Waals surface area contributed by atoms with Gasteiger partial charge in [-0.05, 0) is 0 Å². The Hall–Kier alpha value is -0.121. The summed E-state index contributed by atoms with van der Waals surface area (Å²) in [6.07, 6.45) is 0. The van der Waals surface area contributed by atoms with Crippen LogP contribution in [0.2, 0.25) is 0 Å². The third-order valence-electron chi connectivity index (χ3n) is 1.75. The van der Waals surface area contributed by atoms with Crippen molar-refractivity contribution in [1.29, 1.82) is 0 Å². The molecule has 0 aliphatic carbocycles. The van der Waals surface area contributed by atoms with Crippen LogP contribution < -0.4 is 0 Å². The number of benzene rings is 1. The van der Waals surface area contributed by atoms with E-state index < -0.39 is 0 Å². The molecule has 1 aliphatic rings. The predicted molar refractivity (Wildman–Crippen MR) is 65.7 cm³/mol. The van der Waals surface area contributed by atoms with Gasteiger partial charge in [0, 0.05) is 0 Å². The second kappa shape index (κ2) is 4.40. The van der Waals surface area contributed by atoms with Gasteiger partial charge in [0.05, 0.1) is 0 Å². The van der Waals surface area contributed by atoms with Crippen molar-refractivity contribution in [2.24, 2.45) is 4.99 Å². The minimum atomic E-state index is 0.461. The Kier molecular flexibility index (Phi) is 3.19. The Morgan fingerprint density at radius 1 is 1.31 bits per heavy atom. The molecule has 3 heteroatoms. The molecule has 1 heterocycles. The first-order chi connectivity index (χ1) is 6.40. The van der Waals surface area contributed by atoms with Gasteiger partial charge < -0.3 is 0 Å². The number of halogens is 1. The molecule has 2 rings (SSSR count). The quantitative estimate of drug-likeness (QED) is 0.546. The third-order valence-corrected chi connectivity index (χ3v) is 5.69. The van der Waals surface area contributed by atoms with Gasteiger partial charge in [-0.1, -0.05) is 0 Å². The van der Waals surface area contributed by atoms with Crippen molar-refractivity contribution in [2.45, 2.75) is 0 Å². The fourth-order valence-electron chi connectivity index (χ4n) is 1.13. The molecule has 13 heavy (non-hydrogen) atoms. The van der Waals surface area contributed by atoms with E-state index in [4.69, 9.17) is 0 Å². The van der Waals surface area contributed by atoms with Crippen LogP contribution in [0.1, 0.15) is 5.56 Å². The number of hydrogen-bond acceptors (Lipinski definition) is 1. The molecule has 1 aliphatic heterocycles. The van der Waals surface area contributed by atoms with Crippen LogP contribution in [0.3, 0.4) is 0 Å². The summed E-state index contributed by atoms with van der Waals surface area (Å²) in [7, 11) is 0. The molecule has 0 bridgehead atoms. The molecule has 66 valence electrons. The van der Waals surface area contributed by atoms with Crippen LogP contribution in [0.4, 0.5) is 0 Å². The molecule has 1 aromatic carbocycles. The predicted octanol–water partition coefficient (Wildman–Crippen LogP) is 2.43. The first-order valence-electron chi connectivity index (χ1n) is 3.97. The van der Waals surface area contributed by atoms with Crippen molar-refractivity contribution in [2.75, 3.05) is 6.54 Å². The number of nitrogens with zero attached hydrogens (tertiary/aromatic N) is 1. The number of hydrogen-bond donors (Lipinski definition) is 0.